The van der Waals surface area contributed by atoms with Crippen molar-refractivity contribution in [2.45, 2.75) is 6.54 Å². The second kappa shape index (κ2) is 4.00. The Bertz CT molecular complexity index is 504. The average Bonchev–Trinajstić information content (AvgIpc) is 2.58. The summed E-state index contributed by atoms with van der Waals surface area (Å²) in [5.74, 6) is -0.846. The predicted molar refractivity (Wildman–Crippen MR) is 61.5 cm³/mol. The van der Waals surface area contributed by atoms with Crippen molar-refractivity contribution in [3.63, 3.8) is 0 Å². The fraction of sp³-hybridized carbons (Fsp3) is 0.182. The molecule has 0 aliphatic heterocycles. The zero-order valence-corrected chi connectivity index (χ0v) is 9.10. The van der Waals surface area contributed by atoms with Crippen molar-refractivity contribution >= 4 is 27.4 Å². The molecule has 2 aromatic rings. The first-order valence-electron chi connectivity index (χ1n) is 4.62. The molecule has 0 saturated carbocycles. The lowest BCUT2D eigenvalue weighted by molar-refractivity contribution is 0.0701. The lowest BCUT2D eigenvalue weighted by atomic mass is 10.1. The van der Waals surface area contributed by atoms with Gasteiger partial charge in [0.2, 0.25) is 0 Å². The molecule has 0 bridgehead atoms. The first kappa shape index (κ1) is 10.1. The van der Waals surface area contributed by atoms with E-state index >= 15 is 0 Å². The van der Waals surface area contributed by atoms with Crippen LogP contribution in [0.3, 0.4) is 0 Å². The monoisotopic (exact) mass is 221 g/mol. The van der Waals surface area contributed by atoms with E-state index in [0.717, 1.165) is 15.6 Å². The number of carboxylic acid groups (broad SMARTS) is 1. The largest absolute Gasteiger partial charge is 0.477 e. The van der Waals surface area contributed by atoms with Crippen LogP contribution in [0.25, 0.3) is 10.1 Å². The highest BCUT2D eigenvalue weighted by atomic mass is 32.1. The molecular formula is C11H11NO2S. The standard InChI is InChI=1S/C11H11NO2S/c1-12-6-8-7-4-2-3-5-9(7)15-10(8)11(13)14/h2-5,12H,6H2,1H3,(H,13,14). The van der Waals surface area contributed by atoms with Crippen molar-refractivity contribution < 1.29 is 9.90 Å². The van der Waals surface area contributed by atoms with Crippen LogP contribution >= 0.6 is 11.3 Å². The lowest BCUT2D eigenvalue weighted by Crippen LogP contribution is -2.08. The van der Waals surface area contributed by atoms with E-state index in [1.165, 1.54) is 11.3 Å². The minimum atomic E-state index is -0.846. The summed E-state index contributed by atoms with van der Waals surface area (Å²) in [4.78, 5) is 11.5. The Balaban J connectivity index is 2.68. The summed E-state index contributed by atoms with van der Waals surface area (Å²) < 4.78 is 1.03. The quantitative estimate of drug-likeness (QED) is 0.836. The summed E-state index contributed by atoms with van der Waals surface area (Å²) in [5, 5.41) is 13.1. The van der Waals surface area contributed by atoms with Gasteiger partial charge in [0.05, 0.1) is 0 Å². The van der Waals surface area contributed by atoms with Gasteiger partial charge >= 0.3 is 5.97 Å². The topological polar surface area (TPSA) is 49.3 Å². The molecule has 2 N–H and O–H groups in total. The van der Waals surface area contributed by atoms with Crippen molar-refractivity contribution in [3.8, 4) is 0 Å². The van der Waals surface area contributed by atoms with Crippen LogP contribution in [0.2, 0.25) is 0 Å². The Morgan fingerprint density at radius 1 is 1.47 bits per heavy atom. The third kappa shape index (κ3) is 1.73. The second-order valence-electron chi connectivity index (χ2n) is 3.24. The van der Waals surface area contributed by atoms with Crippen molar-refractivity contribution in [1.29, 1.82) is 0 Å². The molecule has 0 atom stereocenters. The molecule has 4 heteroatoms. The first-order valence-corrected chi connectivity index (χ1v) is 5.44. The number of carboxylic acids is 1. The zero-order chi connectivity index (χ0) is 10.8. The molecule has 0 fully saturated rings. The number of carbonyl (C=O) groups is 1. The normalized spacial score (nSPS) is 10.7. The molecule has 0 radical (unpaired) electrons. The summed E-state index contributed by atoms with van der Waals surface area (Å²) in [6.45, 7) is 0.589. The van der Waals surface area contributed by atoms with Gasteiger partial charge in [-0.3, -0.25) is 0 Å². The maximum absolute atomic E-state index is 11.0. The van der Waals surface area contributed by atoms with Gasteiger partial charge in [0.25, 0.3) is 0 Å². The van der Waals surface area contributed by atoms with Crippen molar-refractivity contribution in [2.24, 2.45) is 0 Å². The van der Waals surface area contributed by atoms with Gasteiger partial charge in [-0.25, -0.2) is 4.79 Å². The van der Waals surface area contributed by atoms with E-state index in [2.05, 4.69) is 5.32 Å². The molecule has 15 heavy (non-hydrogen) atoms. The summed E-state index contributed by atoms with van der Waals surface area (Å²) in [7, 11) is 1.82. The van der Waals surface area contributed by atoms with Crippen LogP contribution in [-0.4, -0.2) is 18.1 Å². The van der Waals surface area contributed by atoms with Gasteiger partial charge in [0, 0.05) is 11.2 Å². The molecule has 78 valence electrons. The number of aromatic carboxylic acids is 1. The van der Waals surface area contributed by atoms with Crippen LogP contribution in [0, 0.1) is 0 Å². The van der Waals surface area contributed by atoms with E-state index in [9.17, 15) is 4.79 Å². The smallest absolute Gasteiger partial charge is 0.346 e. The number of fused-ring (bicyclic) bond motifs is 1. The summed E-state index contributed by atoms with van der Waals surface area (Å²) in [6, 6.07) is 7.77. The molecule has 0 spiro atoms. The van der Waals surface area contributed by atoms with Gasteiger partial charge in [0.1, 0.15) is 4.88 Å². The van der Waals surface area contributed by atoms with Gasteiger partial charge in [0.15, 0.2) is 0 Å². The molecule has 0 saturated heterocycles. The number of rotatable bonds is 3. The van der Waals surface area contributed by atoms with E-state index < -0.39 is 5.97 Å². The fourth-order valence-corrected chi connectivity index (χ4v) is 2.68. The number of hydrogen-bond acceptors (Lipinski definition) is 3. The SMILES string of the molecule is CNCc1c(C(=O)O)sc2ccccc12. The molecule has 2 rings (SSSR count). The van der Waals surface area contributed by atoms with Crippen LogP contribution < -0.4 is 5.32 Å². The average molecular weight is 221 g/mol. The van der Waals surface area contributed by atoms with E-state index in [1.807, 2.05) is 31.3 Å². The van der Waals surface area contributed by atoms with Crippen LogP contribution in [0.15, 0.2) is 24.3 Å². The van der Waals surface area contributed by atoms with Crippen LogP contribution in [0.5, 0.6) is 0 Å². The van der Waals surface area contributed by atoms with Gasteiger partial charge in [-0.2, -0.15) is 0 Å². The molecule has 1 heterocycles. The van der Waals surface area contributed by atoms with Gasteiger partial charge in [-0.05, 0) is 24.1 Å². The van der Waals surface area contributed by atoms with Crippen LogP contribution in [0.1, 0.15) is 15.2 Å². The Labute approximate surface area is 91.4 Å². The van der Waals surface area contributed by atoms with Gasteiger partial charge in [-0.1, -0.05) is 18.2 Å². The molecule has 0 unspecified atom stereocenters. The van der Waals surface area contributed by atoms with E-state index in [-0.39, 0.29) is 0 Å². The van der Waals surface area contributed by atoms with Crippen LogP contribution in [0.4, 0.5) is 0 Å². The molecule has 0 aliphatic rings. The van der Waals surface area contributed by atoms with E-state index in [1.54, 1.807) is 0 Å². The summed E-state index contributed by atoms with van der Waals surface area (Å²) in [6.07, 6.45) is 0. The fourth-order valence-electron chi connectivity index (χ4n) is 1.62. The van der Waals surface area contributed by atoms with Crippen molar-refractivity contribution in [3.05, 3.63) is 34.7 Å². The second-order valence-corrected chi connectivity index (χ2v) is 4.29. The van der Waals surface area contributed by atoms with Crippen molar-refractivity contribution in [2.75, 3.05) is 7.05 Å². The lowest BCUT2D eigenvalue weighted by Gasteiger charge is -1.99. The number of nitrogens with one attached hydrogen (secondary N) is 1. The minimum absolute atomic E-state index is 0.436. The summed E-state index contributed by atoms with van der Waals surface area (Å²) in [5.41, 5.74) is 0.880. The Morgan fingerprint density at radius 3 is 2.87 bits per heavy atom. The Hall–Kier alpha value is -1.39. The number of hydrogen-bond donors (Lipinski definition) is 2. The van der Waals surface area contributed by atoms with Gasteiger partial charge < -0.3 is 10.4 Å². The molecule has 1 aromatic heterocycles. The highest BCUT2D eigenvalue weighted by Crippen LogP contribution is 2.31. The molecule has 0 amide bonds. The first-order chi connectivity index (χ1) is 7.24. The molecule has 0 aliphatic carbocycles. The van der Waals surface area contributed by atoms with Gasteiger partial charge in [-0.15, -0.1) is 11.3 Å². The van der Waals surface area contributed by atoms with Crippen molar-refractivity contribution in [1.82, 2.24) is 5.32 Å². The highest BCUT2D eigenvalue weighted by Gasteiger charge is 2.16. The Kier molecular flexibility index (Phi) is 2.70. The highest BCUT2D eigenvalue weighted by molar-refractivity contribution is 7.21. The van der Waals surface area contributed by atoms with E-state index in [4.69, 9.17) is 5.11 Å². The van der Waals surface area contributed by atoms with Crippen LogP contribution in [-0.2, 0) is 6.54 Å². The number of benzene rings is 1. The minimum Gasteiger partial charge on any atom is -0.477 e. The van der Waals surface area contributed by atoms with E-state index in [0.29, 0.717) is 11.4 Å². The zero-order valence-electron chi connectivity index (χ0n) is 8.28. The summed E-state index contributed by atoms with van der Waals surface area (Å²) >= 11 is 1.33. The molecular weight excluding hydrogens is 210 g/mol. The maximum atomic E-state index is 11.0. The third-order valence-electron chi connectivity index (χ3n) is 2.25. The maximum Gasteiger partial charge on any atom is 0.346 e. The number of thiophene rings is 1. The predicted octanol–water partition coefficient (Wildman–Crippen LogP) is 2.32. The third-order valence-corrected chi connectivity index (χ3v) is 3.45. The Morgan fingerprint density at radius 2 is 2.20 bits per heavy atom. The molecule has 1 aromatic carbocycles. The molecule has 3 nitrogen and oxygen atoms in total.